The van der Waals surface area contributed by atoms with Crippen molar-refractivity contribution >= 4 is 11.4 Å². The van der Waals surface area contributed by atoms with E-state index in [1.807, 2.05) is 6.07 Å². The number of hydrogen-bond acceptors (Lipinski definition) is 4. The molecule has 5 nitrogen and oxygen atoms in total. The second-order valence-electron chi connectivity index (χ2n) is 4.45. The van der Waals surface area contributed by atoms with Crippen LogP contribution in [0, 0.1) is 15.9 Å². The Hall–Kier alpha value is -2.63. The predicted molar refractivity (Wildman–Crippen MR) is 78.2 cm³/mol. The Morgan fingerprint density at radius 3 is 2.76 bits per heavy atom. The van der Waals surface area contributed by atoms with E-state index < -0.39 is 4.92 Å². The molecule has 0 aliphatic carbocycles. The smallest absolute Gasteiger partial charge is 0.311 e. The predicted octanol–water partition coefficient (Wildman–Crippen LogP) is 3.40. The Labute approximate surface area is 121 Å². The molecule has 1 N–H and O–H groups in total. The Morgan fingerprint density at radius 2 is 2.10 bits per heavy atom. The molecule has 2 aromatic carbocycles. The maximum atomic E-state index is 13.0. The van der Waals surface area contributed by atoms with Crippen molar-refractivity contribution in [1.29, 1.82) is 0 Å². The third-order valence-corrected chi connectivity index (χ3v) is 3.01. The number of anilines is 1. The Morgan fingerprint density at radius 1 is 1.29 bits per heavy atom. The number of nitro groups is 1. The lowest BCUT2D eigenvalue weighted by atomic mass is 10.1. The van der Waals surface area contributed by atoms with Gasteiger partial charge in [0.1, 0.15) is 5.82 Å². The lowest BCUT2D eigenvalue weighted by Gasteiger charge is -2.08. The maximum absolute atomic E-state index is 13.0. The molecule has 2 aromatic rings. The summed E-state index contributed by atoms with van der Waals surface area (Å²) in [6.45, 7) is 0.588. The fraction of sp³-hybridized carbons (Fsp3) is 0.200. The summed E-state index contributed by atoms with van der Waals surface area (Å²) in [6, 6.07) is 11.0. The minimum Gasteiger partial charge on any atom is -0.490 e. The van der Waals surface area contributed by atoms with Crippen LogP contribution in [0.4, 0.5) is 15.8 Å². The first-order valence-electron chi connectivity index (χ1n) is 6.41. The summed E-state index contributed by atoms with van der Waals surface area (Å²) in [7, 11) is 1.39. The third-order valence-electron chi connectivity index (χ3n) is 3.01. The average molecular weight is 290 g/mol. The zero-order chi connectivity index (χ0) is 15.2. The summed E-state index contributed by atoms with van der Waals surface area (Å²) in [5.41, 5.74) is 1.53. The van der Waals surface area contributed by atoms with Crippen LogP contribution >= 0.6 is 0 Å². The molecule has 0 saturated heterocycles. The van der Waals surface area contributed by atoms with Gasteiger partial charge in [-0.1, -0.05) is 12.1 Å². The number of benzene rings is 2. The second kappa shape index (κ2) is 6.69. The summed E-state index contributed by atoms with van der Waals surface area (Å²) < 4.78 is 18.0. The fourth-order valence-electron chi connectivity index (χ4n) is 1.98. The van der Waals surface area contributed by atoms with Gasteiger partial charge in [0.2, 0.25) is 0 Å². The van der Waals surface area contributed by atoms with E-state index in [4.69, 9.17) is 4.74 Å². The fourth-order valence-corrected chi connectivity index (χ4v) is 1.98. The van der Waals surface area contributed by atoms with Crippen molar-refractivity contribution in [3.63, 3.8) is 0 Å². The number of hydrogen-bond donors (Lipinski definition) is 1. The van der Waals surface area contributed by atoms with Crippen LogP contribution in [0.1, 0.15) is 5.56 Å². The van der Waals surface area contributed by atoms with Crippen molar-refractivity contribution in [2.45, 2.75) is 6.42 Å². The van der Waals surface area contributed by atoms with Gasteiger partial charge in [0.15, 0.2) is 5.75 Å². The molecule has 6 heteroatoms. The number of methoxy groups -OCH3 is 1. The summed E-state index contributed by atoms with van der Waals surface area (Å²) in [6.07, 6.45) is 0.650. The van der Waals surface area contributed by atoms with Gasteiger partial charge >= 0.3 is 5.69 Å². The van der Waals surface area contributed by atoms with Crippen LogP contribution in [-0.2, 0) is 6.42 Å². The lowest BCUT2D eigenvalue weighted by molar-refractivity contribution is -0.385. The maximum Gasteiger partial charge on any atom is 0.311 e. The number of nitrogens with zero attached hydrogens (tertiary/aromatic N) is 1. The first-order valence-corrected chi connectivity index (χ1v) is 6.41. The monoisotopic (exact) mass is 290 g/mol. The highest BCUT2D eigenvalue weighted by Crippen LogP contribution is 2.29. The molecule has 0 heterocycles. The normalized spacial score (nSPS) is 10.2. The highest BCUT2D eigenvalue weighted by molar-refractivity contribution is 5.58. The molecular weight excluding hydrogens is 275 g/mol. The Balaban J connectivity index is 1.99. The number of ether oxygens (including phenoxy) is 1. The molecule has 0 fully saturated rings. The van der Waals surface area contributed by atoms with Crippen LogP contribution in [0.25, 0.3) is 0 Å². The van der Waals surface area contributed by atoms with Crippen LogP contribution in [-0.4, -0.2) is 18.6 Å². The van der Waals surface area contributed by atoms with Gasteiger partial charge in [-0.3, -0.25) is 10.1 Å². The van der Waals surface area contributed by atoms with Gasteiger partial charge in [-0.25, -0.2) is 4.39 Å². The highest BCUT2D eigenvalue weighted by Gasteiger charge is 2.14. The van der Waals surface area contributed by atoms with Gasteiger partial charge < -0.3 is 10.1 Å². The van der Waals surface area contributed by atoms with Crippen molar-refractivity contribution < 1.29 is 14.1 Å². The minimum atomic E-state index is -0.491. The van der Waals surface area contributed by atoms with Crippen molar-refractivity contribution in [2.24, 2.45) is 0 Å². The van der Waals surface area contributed by atoms with Crippen LogP contribution in [0.15, 0.2) is 42.5 Å². The molecule has 2 rings (SSSR count). The molecule has 110 valence electrons. The van der Waals surface area contributed by atoms with Crippen LogP contribution in [0.3, 0.4) is 0 Å². The van der Waals surface area contributed by atoms with Gasteiger partial charge in [0.05, 0.1) is 12.0 Å². The number of halogens is 1. The standard InChI is InChI=1S/C15H15FN2O3/c1-21-15-10-13(5-6-14(15)18(19)20)17-8-7-11-3-2-4-12(16)9-11/h2-6,9-10,17H,7-8H2,1H3. The van der Waals surface area contributed by atoms with Gasteiger partial charge in [0, 0.05) is 24.4 Å². The van der Waals surface area contributed by atoms with Crippen LogP contribution in [0.5, 0.6) is 5.75 Å². The minimum absolute atomic E-state index is 0.0758. The van der Waals surface area contributed by atoms with E-state index in [1.54, 1.807) is 18.2 Å². The van der Waals surface area contributed by atoms with E-state index in [-0.39, 0.29) is 17.3 Å². The van der Waals surface area contributed by atoms with Crippen molar-refractivity contribution in [2.75, 3.05) is 19.0 Å². The molecule has 0 spiro atoms. The van der Waals surface area contributed by atoms with E-state index in [2.05, 4.69) is 5.32 Å². The summed E-state index contributed by atoms with van der Waals surface area (Å²) in [4.78, 5) is 10.3. The first-order chi connectivity index (χ1) is 10.1. The third kappa shape index (κ3) is 3.92. The second-order valence-corrected chi connectivity index (χ2v) is 4.45. The van der Waals surface area contributed by atoms with Gasteiger partial charge in [0.25, 0.3) is 0 Å². The molecule has 0 saturated carbocycles. The van der Waals surface area contributed by atoms with Gasteiger partial charge in [-0.2, -0.15) is 0 Å². The quantitative estimate of drug-likeness (QED) is 0.654. The van der Waals surface area contributed by atoms with Crippen molar-refractivity contribution in [3.8, 4) is 5.75 Å². The SMILES string of the molecule is COc1cc(NCCc2cccc(F)c2)ccc1[N+](=O)[O-]. The van der Waals surface area contributed by atoms with Crippen molar-refractivity contribution in [1.82, 2.24) is 0 Å². The van der Waals surface area contributed by atoms with E-state index in [0.29, 0.717) is 18.7 Å². The van der Waals surface area contributed by atoms with E-state index in [1.165, 1.54) is 25.3 Å². The van der Waals surface area contributed by atoms with E-state index in [9.17, 15) is 14.5 Å². The number of rotatable bonds is 6. The molecule has 0 atom stereocenters. The number of nitro benzene ring substituents is 1. The molecule has 0 unspecified atom stereocenters. The Kier molecular flexibility index (Phi) is 4.71. The first kappa shape index (κ1) is 14.8. The average Bonchev–Trinajstić information content (AvgIpc) is 2.47. The molecular formula is C15H15FN2O3. The van der Waals surface area contributed by atoms with E-state index >= 15 is 0 Å². The summed E-state index contributed by atoms with van der Waals surface area (Å²) in [5, 5.41) is 13.9. The molecule has 21 heavy (non-hydrogen) atoms. The molecule has 0 radical (unpaired) electrons. The molecule has 0 amide bonds. The van der Waals surface area contributed by atoms with Gasteiger partial charge in [-0.05, 0) is 30.2 Å². The largest absolute Gasteiger partial charge is 0.490 e. The van der Waals surface area contributed by atoms with Crippen molar-refractivity contribution in [3.05, 3.63) is 64.0 Å². The molecule has 0 aliphatic heterocycles. The lowest BCUT2D eigenvalue weighted by Crippen LogP contribution is -2.05. The number of nitrogens with one attached hydrogen (secondary N) is 1. The molecule has 0 bridgehead atoms. The van der Waals surface area contributed by atoms with Crippen LogP contribution < -0.4 is 10.1 Å². The Bertz CT molecular complexity index is 647. The highest BCUT2D eigenvalue weighted by atomic mass is 19.1. The van der Waals surface area contributed by atoms with E-state index in [0.717, 1.165) is 5.56 Å². The summed E-state index contributed by atoms with van der Waals surface area (Å²) in [5.74, 6) is -0.0553. The van der Waals surface area contributed by atoms with Gasteiger partial charge in [-0.15, -0.1) is 0 Å². The zero-order valence-corrected chi connectivity index (χ0v) is 11.5. The zero-order valence-electron chi connectivity index (χ0n) is 11.5. The topological polar surface area (TPSA) is 64.4 Å². The molecule has 0 aliphatic rings. The molecule has 0 aromatic heterocycles. The van der Waals surface area contributed by atoms with Crippen LogP contribution in [0.2, 0.25) is 0 Å². The summed E-state index contributed by atoms with van der Waals surface area (Å²) >= 11 is 0.